The molecule has 6 heteroatoms. The first kappa shape index (κ1) is 13.6. The minimum absolute atomic E-state index is 0.0191. The van der Waals surface area contributed by atoms with Gasteiger partial charge in [-0.25, -0.2) is 0 Å². The number of piperidine rings is 1. The molecule has 2 aliphatic carbocycles. The van der Waals surface area contributed by atoms with Crippen LogP contribution in [0.4, 0.5) is 13.2 Å². The summed E-state index contributed by atoms with van der Waals surface area (Å²) >= 11 is 0. The predicted octanol–water partition coefficient (Wildman–Crippen LogP) is 2.47. The summed E-state index contributed by atoms with van der Waals surface area (Å²) in [5.41, 5.74) is 0.566. The van der Waals surface area contributed by atoms with Gasteiger partial charge in [0.25, 0.3) is 5.78 Å². The molecule has 0 aromatic rings. The number of allylic oxidation sites excluding steroid dienone is 2. The Morgan fingerprint density at radius 1 is 1.10 bits per heavy atom. The lowest BCUT2D eigenvalue weighted by molar-refractivity contribution is -0.168. The summed E-state index contributed by atoms with van der Waals surface area (Å²) in [4.78, 5) is 24.7. The van der Waals surface area contributed by atoms with Crippen molar-refractivity contribution in [2.75, 3.05) is 13.1 Å². The van der Waals surface area contributed by atoms with Gasteiger partial charge in [0.15, 0.2) is 0 Å². The number of carbonyl (C=O) groups is 2. The summed E-state index contributed by atoms with van der Waals surface area (Å²) in [5.74, 6) is -1.64. The normalized spacial score (nSPS) is 30.4. The monoisotopic (exact) mass is 287 g/mol. The van der Waals surface area contributed by atoms with E-state index in [4.69, 9.17) is 0 Å². The van der Waals surface area contributed by atoms with E-state index in [1.54, 1.807) is 0 Å². The molecule has 0 spiro atoms. The van der Waals surface area contributed by atoms with E-state index in [1.165, 1.54) is 0 Å². The van der Waals surface area contributed by atoms with Gasteiger partial charge in [-0.2, -0.15) is 13.2 Å². The third kappa shape index (κ3) is 2.05. The van der Waals surface area contributed by atoms with Crippen molar-refractivity contribution in [1.82, 2.24) is 4.90 Å². The van der Waals surface area contributed by atoms with E-state index in [2.05, 4.69) is 0 Å². The third-order valence-corrected chi connectivity index (χ3v) is 4.68. The SMILES string of the molecule is O=C1CCN(C2=C(C(=O)C(F)(F)F)C3CCCC23)CC1. The molecule has 1 heterocycles. The third-order valence-electron chi connectivity index (χ3n) is 4.68. The number of hydrogen-bond donors (Lipinski definition) is 0. The summed E-state index contributed by atoms with van der Waals surface area (Å²) in [7, 11) is 0. The van der Waals surface area contributed by atoms with Crippen LogP contribution in [0, 0.1) is 11.8 Å². The molecule has 110 valence electrons. The first-order valence-electron chi connectivity index (χ1n) is 7.02. The van der Waals surface area contributed by atoms with Crippen molar-refractivity contribution in [2.24, 2.45) is 11.8 Å². The maximum Gasteiger partial charge on any atom is 0.454 e. The predicted molar refractivity (Wildman–Crippen MR) is 64.7 cm³/mol. The Balaban J connectivity index is 1.89. The molecule has 20 heavy (non-hydrogen) atoms. The molecule has 0 aromatic carbocycles. The Bertz CT molecular complexity index is 485. The van der Waals surface area contributed by atoms with Crippen LogP contribution in [-0.2, 0) is 9.59 Å². The summed E-state index contributed by atoms with van der Waals surface area (Å²) in [6.07, 6.45) is -1.64. The van der Waals surface area contributed by atoms with Crippen molar-refractivity contribution in [3.05, 3.63) is 11.3 Å². The summed E-state index contributed by atoms with van der Waals surface area (Å²) in [5, 5.41) is 0. The van der Waals surface area contributed by atoms with Crippen LogP contribution in [0.1, 0.15) is 32.1 Å². The number of carbonyl (C=O) groups excluding carboxylic acids is 2. The molecule has 1 saturated carbocycles. The summed E-state index contributed by atoms with van der Waals surface area (Å²) < 4.78 is 38.2. The van der Waals surface area contributed by atoms with E-state index < -0.39 is 12.0 Å². The first-order valence-corrected chi connectivity index (χ1v) is 7.02. The number of Topliss-reactive ketones (excluding diaryl/α,β-unsaturated/α-hetero) is 2. The molecule has 0 amide bonds. The zero-order valence-electron chi connectivity index (χ0n) is 11.0. The lowest BCUT2D eigenvalue weighted by Gasteiger charge is -2.45. The molecule has 3 aliphatic rings. The Morgan fingerprint density at radius 2 is 1.70 bits per heavy atom. The molecule has 0 N–H and O–H groups in total. The highest BCUT2D eigenvalue weighted by atomic mass is 19.4. The van der Waals surface area contributed by atoms with Crippen LogP contribution in [0.3, 0.4) is 0 Å². The van der Waals surface area contributed by atoms with E-state index in [0.29, 0.717) is 38.0 Å². The average molecular weight is 287 g/mol. The average Bonchev–Trinajstić information content (AvgIpc) is 2.75. The molecule has 2 atom stereocenters. The standard InChI is InChI=1S/C14H16F3NO2/c15-14(16,17)13(20)11-9-2-1-3-10(9)12(11)18-6-4-8(19)5-7-18/h9-10H,1-7H2. The molecule has 1 aliphatic heterocycles. The Hall–Kier alpha value is -1.33. The molecule has 2 fully saturated rings. The second-order valence-electron chi connectivity index (χ2n) is 5.80. The molecule has 0 bridgehead atoms. The van der Waals surface area contributed by atoms with Crippen LogP contribution in [0.25, 0.3) is 0 Å². The fraction of sp³-hybridized carbons (Fsp3) is 0.714. The lowest BCUT2D eigenvalue weighted by atomic mass is 9.70. The quantitative estimate of drug-likeness (QED) is 0.783. The highest BCUT2D eigenvalue weighted by Gasteiger charge is 2.54. The number of hydrogen-bond acceptors (Lipinski definition) is 3. The van der Waals surface area contributed by atoms with E-state index in [1.807, 2.05) is 4.90 Å². The Kier molecular flexibility index (Phi) is 3.14. The van der Waals surface area contributed by atoms with Crippen LogP contribution in [0.15, 0.2) is 11.3 Å². The first-order chi connectivity index (χ1) is 9.39. The van der Waals surface area contributed by atoms with Gasteiger partial charge in [0, 0.05) is 43.1 Å². The van der Waals surface area contributed by atoms with Gasteiger partial charge in [0.05, 0.1) is 0 Å². The Labute approximate surface area is 114 Å². The maximum atomic E-state index is 12.7. The number of nitrogens with zero attached hydrogens (tertiary/aromatic N) is 1. The van der Waals surface area contributed by atoms with Crippen molar-refractivity contribution in [1.29, 1.82) is 0 Å². The smallest absolute Gasteiger partial charge is 0.373 e. The maximum absolute atomic E-state index is 12.7. The molecule has 3 rings (SSSR count). The topological polar surface area (TPSA) is 37.4 Å². The number of ketones is 2. The molecule has 2 unspecified atom stereocenters. The summed E-state index contributed by atoms with van der Waals surface area (Å²) in [6, 6.07) is 0. The van der Waals surface area contributed by atoms with Crippen LogP contribution in [-0.4, -0.2) is 35.7 Å². The van der Waals surface area contributed by atoms with Gasteiger partial charge in [0.1, 0.15) is 5.78 Å². The second kappa shape index (κ2) is 4.60. The molecular weight excluding hydrogens is 271 g/mol. The van der Waals surface area contributed by atoms with Crippen LogP contribution >= 0.6 is 0 Å². The number of alkyl halides is 3. The fourth-order valence-corrected chi connectivity index (χ4v) is 3.77. The van der Waals surface area contributed by atoms with E-state index in [-0.39, 0.29) is 23.2 Å². The highest BCUT2D eigenvalue weighted by Crippen LogP contribution is 2.54. The zero-order valence-corrected chi connectivity index (χ0v) is 11.0. The number of likely N-dealkylation sites (tertiary alicyclic amines) is 1. The van der Waals surface area contributed by atoms with Crippen LogP contribution in [0.2, 0.25) is 0 Å². The largest absolute Gasteiger partial charge is 0.454 e. The van der Waals surface area contributed by atoms with Crippen LogP contribution in [0.5, 0.6) is 0 Å². The van der Waals surface area contributed by atoms with E-state index in [0.717, 1.165) is 12.8 Å². The van der Waals surface area contributed by atoms with Gasteiger partial charge in [-0.3, -0.25) is 9.59 Å². The van der Waals surface area contributed by atoms with Crippen molar-refractivity contribution < 1.29 is 22.8 Å². The van der Waals surface area contributed by atoms with Crippen molar-refractivity contribution >= 4 is 11.6 Å². The number of rotatable bonds is 2. The van der Waals surface area contributed by atoms with Crippen molar-refractivity contribution in [3.8, 4) is 0 Å². The van der Waals surface area contributed by atoms with Gasteiger partial charge in [-0.1, -0.05) is 6.42 Å². The van der Waals surface area contributed by atoms with Gasteiger partial charge in [-0.05, 0) is 18.8 Å². The molecular formula is C14H16F3NO2. The van der Waals surface area contributed by atoms with Crippen LogP contribution < -0.4 is 0 Å². The molecule has 1 saturated heterocycles. The number of fused-ring (bicyclic) bond motifs is 1. The minimum Gasteiger partial charge on any atom is -0.373 e. The second-order valence-corrected chi connectivity index (χ2v) is 5.80. The summed E-state index contributed by atoms with van der Waals surface area (Å²) in [6.45, 7) is 0.901. The molecule has 0 aromatic heterocycles. The Morgan fingerprint density at radius 3 is 2.30 bits per heavy atom. The lowest BCUT2D eigenvalue weighted by Crippen LogP contribution is -2.46. The van der Waals surface area contributed by atoms with Gasteiger partial charge < -0.3 is 4.90 Å². The van der Waals surface area contributed by atoms with E-state index in [9.17, 15) is 22.8 Å². The molecule has 0 radical (unpaired) electrons. The number of halogens is 3. The zero-order chi connectivity index (χ0) is 14.5. The fourth-order valence-electron chi connectivity index (χ4n) is 3.77. The highest BCUT2D eigenvalue weighted by molar-refractivity contribution is 6.02. The van der Waals surface area contributed by atoms with Gasteiger partial charge in [0.2, 0.25) is 0 Å². The van der Waals surface area contributed by atoms with Gasteiger partial charge >= 0.3 is 6.18 Å². The van der Waals surface area contributed by atoms with E-state index >= 15 is 0 Å². The van der Waals surface area contributed by atoms with Crippen molar-refractivity contribution in [2.45, 2.75) is 38.3 Å². The molecule has 3 nitrogen and oxygen atoms in total. The van der Waals surface area contributed by atoms with Crippen molar-refractivity contribution in [3.63, 3.8) is 0 Å². The van der Waals surface area contributed by atoms with Gasteiger partial charge in [-0.15, -0.1) is 0 Å². The minimum atomic E-state index is -4.79.